The van der Waals surface area contributed by atoms with Gasteiger partial charge < -0.3 is 10.6 Å². The van der Waals surface area contributed by atoms with Gasteiger partial charge in [-0.3, -0.25) is 0 Å². The maximum atomic E-state index is 13.3. The molecule has 0 saturated carbocycles. The Labute approximate surface area is 133 Å². The van der Waals surface area contributed by atoms with E-state index in [0.717, 1.165) is 29.5 Å². The van der Waals surface area contributed by atoms with Crippen LogP contribution in [0.4, 0.5) is 9.18 Å². The highest BCUT2D eigenvalue weighted by Crippen LogP contribution is 2.31. The number of amides is 2. The molecule has 3 nitrogen and oxygen atoms in total. The fraction of sp³-hybridized carbons (Fsp3) is 0.235. The second kappa shape index (κ2) is 6.36. The molecular formula is C17H16ClFN2O. The lowest BCUT2D eigenvalue weighted by atomic mass is 10.1. The molecule has 0 aliphatic heterocycles. The van der Waals surface area contributed by atoms with Gasteiger partial charge in [0.25, 0.3) is 0 Å². The number of carbonyl (C=O) groups is 1. The van der Waals surface area contributed by atoms with Crippen LogP contribution in [-0.2, 0) is 13.0 Å². The van der Waals surface area contributed by atoms with E-state index in [2.05, 4.69) is 10.6 Å². The minimum atomic E-state index is -0.276. The summed E-state index contributed by atoms with van der Waals surface area (Å²) in [5.41, 5.74) is 2.82. The fourth-order valence-electron chi connectivity index (χ4n) is 2.75. The molecule has 2 amide bonds. The average molecular weight is 319 g/mol. The summed E-state index contributed by atoms with van der Waals surface area (Å²) in [7, 11) is 0. The molecule has 3 rings (SSSR count). The monoisotopic (exact) mass is 318 g/mol. The van der Waals surface area contributed by atoms with Crippen LogP contribution in [0.1, 0.15) is 29.2 Å². The highest BCUT2D eigenvalue weighted by molar-refractivity contribution is 6.31. The first-order chi connectivity index (χ1) is 10.6. The summed E-state index contributed by atoms with van der Waals surface area (Å²) in [5.74, 6) is -0.274. The molecule has 5 heteroatoms. The summed E-state index contributed by atoms with van der Waals surface area (Å²) in [4.78, 5) is 12.0. The van der Waals surface area contributed by atoms with Crippen LogP contribution in [0.5, 0.6) is 0 Å². The average Bonchev–Trinajstić information content (AvgIpc) is 2.89. The Balaban J connectivity index is 1.60. The van der Waals surface area contributed by atoms with Crippen molar-refractivity contribution in [1.29, 1.82) is 0 Å². The number of fused-ring (bicyclic) bond motifs is 1. The van der Waals surface area contributed by atoms with Crippen LogP contribution < -0.4 is 10.6 Å². The Morgan fingerprint density at radius 1 is 1.27 bits per heavy atom. The molecule has 0 aromatic heterocycles. The van der Waals surface area contributed by atoms with E-state index >= 15 is 0 Å². The van der Waals surface area contributed by atoms with Crippen molar-refractivity contribution in [2.24, 2.45) is 0 Å². The van der Waals surface area contributed by atoms with Crippen molar-refractivity contribution in [2.75, 3.05) is 0 Å². The summed E-state index contributed by atoms with van der Waals surface area (Å²) in [6, 6.07) is 11.7. The third kappa shape index (κ3) is 3.22. The van der Waals surface area contributed by atoms with Crippen LogP contribution in [0.25, 0.3) is 0 Å². The molecule has 0 fully saturated rings. The zero-order valence-corrected chi connectivity index (χ0v) is 12.7. The molecule has 2 aromatic carbocycles. The molecule has 1 atom stereocenters. The van der Waals surface area contributed by atoms with Gasteiger partial charge in [-0.1, -0.05) is 35.9 Å². The van der Waals surface area contributed by atoms with Crippen LogP contribution in [0.15, 0.2) is 42.5 Å². The van der Waals surface area contributed by atoms with E-state index in [1.54, 1.807) is 12.1 Å². The molecule has 1 aliphatic carbocycles. The first-order valence-corrected chi connectivity index (χ1v) is 7.57. The highest BCUT2D eigenvalue weighted by Gasteiger charge is 2.24. The van der Waals surface area contributed by atoms with Crippen molar-refractivity contribution in [3.63, 3.8) is 0 Å². The normalized spacial score (nSPS) is 16.2. The molecular weight excluding hydrogens is 303 g/mol. The Bertz CT molecular complexity index is 705. The van der Waals surface area contributed by atoms with Crippen molar-refractivity contribution in [1.82, 2.24) is 10.6 Å². The Hall–Kier alpha value is -2.07. The highest BCUT2D eigenvalue weighted by atomic mass is 35.5. The molecule has 1 aliphatic rings. The van der Waals surface area contributed by atoms with Crippen molar-refractivity contribution in [3.05, 3.63) is 70.0 Å². The maximum absolute atomic E-state index is 13.3. The summed E-state index contributed by atoms with van der Waals surface area (Å²) in [6.07, 6.45) is 1.64. The van der Waals surface area contributed by atoms with Gasteiger partial charge in [-0.2, -0.15) is 0 Å². The number of halogens is 2. The van der Waals surface area contributed by atoms with Gasteiger partial charge in [-0.15, -0.1) is 0 Å². The number of benzene rings is 2. The van der Waals surface area contributed by atoms with E-state index in [1.807, 2.05) is 18.2 Å². The van der Waals surface area contributed by atoms with Crippen molar-refractivity contribution in [2.45, 2.75) is 25.4 Å². The van der Waals surface area contributed by atoms with Crippen molar-refractivity contribution in [3.8, 4) is 0 Å². The molecule has 0 heterocycles. The smallest absolute Gasteiger partial charge is 0.315 e. The van der Waals surface area contributed by atoms with Gasteiger partial charge in [-0.25, -0.2) is 9.18 Å². The lowest BCUT2D eigenvalue weighted by Crippen LogP contribution is -2.37. The third-order valence-electron chi connectivity index (χ3n) is 3.89. The van der Waals surface area contributed by atoms with Gasteiger partial charge in [0.1, 0.15) is 5.82 Å². The van der Waals surface area contributed by atoms with Gasteiger partial charge in [0.05, 0.1) is 6.04 Å². The Morgan fingerprint density at radius 2 is 2.09 bits per heavy atom. The van der Waals surface area contributed by atoms with Crippen LogP contribution in [0.2, 0.25) is 5.02 Å². The summed E-state index contributed by atoms with van der Waals surface area (Å²) in [5, 5.41) is 6.30. The molecule has 0 spiro atoms. The van der Waals surface area contributed by atoms with Gasteiger partial charge in [0, 0.05) is 11.6 Å². The summed E-state index contributed by atoms with van der Waals surface area (Å²) in [6.45, 7) is 0.355. The topological polar surface area (TPSA) is 41.1 Å². The number of rotatable bonds is 3. The predicted molar refractivity (Wildman–Crippen MR) is 84.3 cm³/mol. The van der Waals surface area contributed by atoms with E-state index in [9.17, 15) is 9.18 Å². The zero-order valence-electron chi connectivity index (χ0n) is 11.9. The van der Waals surface area contributed by atoms with Gasteiger partial charge in [0.15, 0.2) is 0 Å². The van der Waals surface area contributed by atoms with Crippen LogP contribution >= 0.6 is 11.6 Å². The first kappa shape index (κ1) is 14.9. The summed E-state index contributed by atoms with van der Waals surface area (Å²) < 4.78 is 13.3. The third-order valence-corrected chi connectivity index (χ3v) is 4.26. The minimum absolute atomic E-state index is 0.142. The van der Waals surface area contributed by atoms with E-state index in [4.69, 9.17) is 11.6 Å². The second-order valence-corrected chi connectivity index (χ2v) is 5.76. The zero-order chi connectivity index (χ0) is 15.5. The van der Waals surface area contributed by atoms with Crippen molar-refractivity contribution < 1.29 is 9.18 Å². The lowest BCUT2D eigenvalue weighted by molar-refractivity contribution is 0.236. The van der Waals surface area contributed by atoms with E-state index in [1.165, 1.54) is 12.1 Å². The predicted octanol–water partition coefficient (Wildman–Crippen LogP) is 3.97. The molecule has 1 unspecified atom stereocenters. The molecule has 0 saturated heterocycles. The van der Waals surface area contributed by atoms with Crippen LogP contribution in [-0.4, -0.2) is 6.03 Å². The van der Waals surface area contributed by atoms with Gasteiger partial charge >= 0.3 is 6.03 Å². The Morgan fingerprint density at radius 3 is 2.91 bits per heavy atom. The van der Waals surface area contributed by atoms with Gasteiger partial charge in [-0.05, 0) is 47.7 Å². The number of hydrogen-bond acceptors (Lipinski definition) is 1. The molecule has 2 aromatic rings. The van der Waals surface area contributed by atoms with E-state index < -0.39 is 0 Å². The number of aryl methyl sites for hydroxylation is 1. The van der Waals surface area contributed by atoms with Crippen LogP contribution in [0, 0.1) is 5.82 Å². The number of nitrogens with one attached hydrogen (secondary N) is 2. The largest absolute Gasteiger partial charge is 0.334 e. The molecule has 22 heavy (non-hydrogen) atoms. The van der Waals surface area contributed by atoms with Crippen molar-refractivity contribution >= 4 is 17.6 Å². The standard InChI is InChI=1S/C17H16ClFN2O/c18-15-4-2-1-3-12(15)10-20-17(22)21-16-8-6-11-5-7-13(19)9-14(11)16/h1-5,7,9,16H,6,8,10H2,(H2,20,21,22). The molecule has 0 radical (unpaired) electrons. The van der Waals surface area contributed by atoms with E-state index in [-0.39, 0.29) is 17.9 Å². The van der Waals surface area contributed by atoms with E-state index in [0.29, 0.717) is 11.6 Å². The molecule has 114 valence electrons. The Kier molecular flexibility index (Phi) is 4.29. The van der Waals surface area contributed by atoms with Gasteiger partial charge in [0.2, 0.25) is 0 Å². The SMILES string of the molecule is O=C(NCc1ccccc1Cl)NC1CCc2ccc(F)cc21. The van der Waals surface area contributed by atoms with Crippen LogP contribution in [0.3, 0.4) is 0 Å². The quantitative estimate of drug-likeness (QED) is 0.883. The number of carbonyl (C=O) groups excluding carboxylic acids is 1. The summed E-state index contributed by atoms with van der Waals surface area (Å²) >= 11 is 6.05. The number of urea groups is 1. The molecule has 0 bridgehead atoms. The minimum Gasteiger partial charge on any atom is -0.334 e. The fourth-order valence-corrected chi connectivity index (χ4v) is 2.95. The molecule has 2 N–H and O–H groups in total. The maximum Gasteiger partial charge on any atom is 0.315 e. The first-order valence-electron chi connectivity index (χ1n) is 7.19. The second-order valence-electron chi connectivity index (χ2n) is 5.35. The lowest BCUT2D eigenvalue weighted by Gasteiger charge is -2.15. The number of hydrogen-bond donors (Lipinski definition) is 2.